The van der Waals surface area contributed by atoms with Gasteiger partial charge < -0.3 is 5.32 Å². The summed E-state index contributed by atoms with van der Waals surface area (Å²) in [6.45, 7) is 0.357. The molecule has 0 spiro atoms. The van der Waals surface area contributed by atoms with E-state index in [0.717, 1.165) is 6.07 Å². The molecule has 0 aromatic heterocycles. The summed E-state index contributed by atoms with van der Waals surface area (Å²) in [6, 6.07) is 3.78. The van der Waals surface area contributed by atoms with E-state index in [1.165, 1.54) is 12.1 Å². The highest BCUT2D eigenvalue weighted by Gasteiger charge is 2.26. The van der Waals surface area contributed by atoms with Crippen molar-refractivity contribution in [3.05, 3.63) is 34.6 Å². The molecule has 0 amide bonds. The zero-order valence-corrected chi connectivity index (χ0v) is 12.3. The van der Waals surface area contributed by atoms with Crippen LogP contribution in [0, 0.1) is 5.82 Å². The molecule has 20 heavy (non-hydrogen) atoms. The molecule has 110 valence electrons. The summed E-state index contributed by atoms with van der Waals surface area (Å²) in [5, 5.41) is 3.28. The fraction of sp³-hybridized carbons (Fsp3) is 0.462. The van der Waals surface area contributed by atoms with Gasteiger partial charge in [0.05, 0.1) is 11.5 Å². The number of nitrogens with one attached hydrogen (secondary N) is 1. The molecule has 2 rings (SSSR count). The average Bonchev–Trinajstić information content (AvgIpc) is 2.31. The van der Waals surface area contributed by atoms with Gasteiger partial charge in [0, 0.05) is 30.5 Å². The summed E-state index contributed by atoms with van der Waals surface area (Å²) in [5.41, 5.74) is 0.276. The zero-order valence-electron chi connectivity index (χ0n) is 10.7. The highest BCUT2D eigenvalue weighted by Crippen LogP contribution is 2.16. The summed E-state index contributed by atoms with van der Waals surface area (Å²) in [7, 11) is -3.07. The minimum absolute atomic E-state index is 0.0398. The first kappa shape index (κ1) is 15.4. The monoisotopic (exact) mass is 319 g/mol. The van der Waals surface area contributed by atoms with Gasteiger partial charge in [0.1, 0.15) is 11.6 Å². The van der Waals surface area contributed by atoms with Crippen LogP contribution >= 0.6 is 11.6 Å². The van der Waals surface area contributed by atoms with Gasteiger partial charge in [0.25, 0.3) is 0 Å². The number of benzene rings is 1. The van der Waals surface area contributed by atoms with Gasteiger partial charge in [-0.05, 0) is 17.7 Å². The molecule has 0 bridgehead atoms. The number of ketones is 1. The van der Waals surface area contributed by atoms with Gasteiger partial charge in [-0.1, -0.05) is 17.7 Å². The molecular formula is C13H15ClFNO3S. The second-order valence-corrected chi connectivity index (χ2v) is 7.59. The van der Waals surface area contributed by atoms with Gasteiger partial charge >= 0.3 is 0 Å². The molecule has 1 atom stereocenters. The van der Waals surface area contributed by atoms with Gasteiger partial charge in [-0.25, -0.2) is 12.8 Å². The van der Waals surface area contributed by atoms with Gasteiger partial charge in [-0.3, -0.25) is 4.79 Å². The third-order valence-corrected chi connectivity index (χ3v) is 5.15. The van der Waals surface area contributed by atoms with Crippen molar-refractivity contribution in [1.29, 1.82) is 0 Å². The summed E-state index contributed by atoms with van der Waals surface area (Å²) < 4.78 is 36.5. The summed E-state index contributed by atoms with van der Waals surface area (Å²) >= 11 is 5.64. The molecule has 1 saturated heterocycles. The first-order chi connectivity index (χ1) is 9.35. The van der Waals surface area contributed by atoms with Crippen molar-refractivity contribution >= 4 is 27.2 Å². The molecule has 1 N–H and O–H groups in total. The largest absolute Gasteiger partial charge is 0.312 e. The lowest BCUT2D eigenvalue weighted by atomic mass is 10.0. The Balaban J connectivity index is 1.95. The molecule has 1 heterocycles. The topological polar surface area (TPSA) is 63.2 Å². The number of sulfone groups is 1. The molecule has 4 nitrogen and oxygen atoms in total. The van der Waals surface area contributed by atoms with E-state index in [4.69, 9.17) is 11.6 Å². The van der Waals surface area contributed by atoms with Crippen LogP contribution < -0.4 is 5.32 Å². The fourth-order valence-electron chi connectivity index (χ4n) is 2.22. The Bertz CT molecular complexity index is 618. The van der Waals surface area contributed by atoms with Crippen molar-refractivity contribution in [2.45, 2.75) is 18.9 Å². The van der Waals surface area contributed by atoms with E-state index in [1.807, 2.05) is 0 Å². The summed E-state index contributed by atoms with van der Waals surface area (Å²) in [4.78, 5) is 11.9. The van der Waals surface area contributed by atoms with E-state index in [1.54, 1.807) is 0 Å². The van der Waals surface area contributed by atoms with Crippen molar-refractivity contribution in [2.24, 2.45) is 0 Å². The minimum atomic E-state index is -3.07. The number of rotatable bonds is 4. The van der Waals surface area contributed by atoms with Crippen molar-refractivity contribution in [1.82, 2.24) is 5.32 Å². The fourth-order valence-corrected chi connectivity index (χ4v) is 3.83. The Morgan fingerprint density at radius 2 is 2.20 bits per heavy atom. The molecule has 7 heteroatoms. The smallest absolute Gasteiger partial charge is 0.153 e. The van der Waals surface area contributed by atoms with Gasteiger partial charge in [0.2, 0.25) is 0 Å². The van der Waals surface area contributed by atoms with Crippen LogP contribution in [0.2, 0.25) is 5.02 Å². The molecule has 0 aliphatic carbocycles. The van der Waals surface area contributed by atoms with Gasteiger partial charge in [0.15, 0.2) is 9.84 Å². The van der Waals surface area contributed by atoms with E-state index in [0.29, 0.717) is 6.54 Å². The third kappa shape index (κ3) is 4.26. The Hall–Kier alpha value is -0.980. The molecule has 1 aromatic rings. The second kappa shape index (κ2) is 6.20. The maximum absolute atomic E-state index is 13.6. The van der Waals surface area contributed by atoms with Crippen LogP contribution in [0.5, 0.6) is 0 Å². The van der Waals surface area contributed by atoms with E-state index in [9.17, 15) is 17.6 Å². The van der Waals surface area contributed by atoms with Crippen molar-refractivity contribution in [3.63, 3.8) is 0 Å². The molecule has 1 aliphatic heterocycles. The van der Waals surface area contributed by atoms with Gasteiger partial charge in [-0.15, -0.1) is 0 Å². The molecule has 1 fully saturated rings. The maximum atomic E-state index is 13.6. The molecule has 1 aromatic carbocycles. The highest BCUT2D eigenvalue weighted by atomic mass is 35.5. The van der Waals surface area contributed by atoms with Crippen LogP contribution in [0.1, 0.15) is 12.0 Å². The highest BCUT2D eigenvalue weighted by molar-refractivity contribution is 7.91. The number of carbonyl (C=O) groups is 1. The minimum Gasteiger partial charge on any atom is -0.312 e. The molecule has 0 radical (unpaired) electrons. The number of Topliss-reactive ketones (excluding diaryl/α,β-unsaturated/α-hetero) is 1. The standard InChI is InChI=1S/C13H15ClFNO3S/c14-10-2-1-9(13(15)6-10)5-12(17)7-11-8-20(18,19)4-3-16-11/h1-2,6,11,16H,3-5,7-8H2. The van der Waals surface area contributed by atoms with E-state index >= 15 is 0 Å². The van der Waals surface area contributed by atoms with E-state index in [-0.39, 0.29) is 46.8 Å². The first-order valence-corrected chi connectivity index (χ1v) is 8.45. The number of carbonyl (C=O) groups excluding carboxylic acids is 1. The maximum Gasteiger partial charge on any atom is 0.153 e. The Morgan fingerprint density at radius 1 is 1.45 bits per heavy atom. The lowest BCUT2D eigenvalue weighted by Gasteiger charge is -2.23. The summed E-state index contributed by atoms with van der Waals surface area (Å²) in [5.74, 6) is -0.651. The van der Waals surface area contributed by atoms with Gasteiger partial charge in [-0.2, -0.15) is 0 Å². The van der Waals surface area contributed by atoms with Crippen LogP contribution in [0.4, 0.5) is 4.39 Å². The normalized spacial score (nSPS) is 21.6. The Kier molecular flexibility index (Phi) is 4.78. The Labute approximate surface area is 122 Å². The van der Waals surface area contributed by atoms with Crippen LogP contribution in [0.15, 0.2) is 18.2 Å². The van der Waals surface area contributed by atoms with E-state index in [2.05, 4.69) is 5.32 Å². The Morgan fingerprint density at radius 3 is 2.85 bits per heavy atom. The van der Waals surface area contributed by atoms with Crippen LogP contribution in [0.25, 0.3) is 0 Å². The summed E-state index contributed by atoms with van der Waals surface area (Å²) in [6.07, 6.45) is 0.0303. The molecule has 1 unspecified atom stereocenters. The predicted octanol–water partition coefficient (Wildman–Crippen LogP) is 1.37. The lowest BCUT2D eigenvalue weighted by Crippen LogP contribution is -2.46. The average molecular weight is 320 g/mol. The van der Waals surface area contributed by atoms with Crippen LogP contribution in [-0.2, 0) is 21.1 Å². The predicted molar refractivity (Wildman–Crippen MR) is 75.2 cm³/mol. The third-order valence-electron chi connectivity index (χ3n) is 3.18. The van der Waals surface area contributed by atoms with Crippen LogP contribution in [-0.4, -0.2) is 38.3 Å². The number of hydrogen-bond donors (Lipinski definition) is 1. The molecule has 0 saturated carbocycles. The molecule has 1 aliphatic rings. The van der Waals surface area contributed by atoms with Crippen molar-refractivity contribution in [2.75, 3.05) is 18.1 Å². The second-order valence-electron chi connectivity index (χ2n) is 4.92. The SMILES string of the molecule is O=C(Cc1ccc(Cl)cc1F)CC1CS(=O)(=O)CCN1. The van der Waals surface area contributed by atoms with Crippen molar-refractivity contribution in [3.8, 4) is 0 Å². The number of hydrogen-bond acceptors (Lipinski definition) is 4. The first-order valence-electron chi connectivity index (χ1n) is 6.25. The van der Waals surface area contributed by atoms with Crippen LogP contribution in [0.3, 0.4) is 0 Å². The van der Waals surface area contributed by atoms with E-state index < -0.39 is 15.7 Å². The molecular weight excluding hydrogens is 305 g/mol. The zero-order chi connectivity index (χ0) is 14.8. The van der Waals surface area contributed by atoms with Crippen molar-refractivity contribution < 1.29 is 17.6 Å². The quantitative estimate of drug-likeness (QED) is 0.910. The number of halogens is 2. The lowest BCUT2D eigenvalue weighted by molar-refractivity contribution is -0.118.